The van der Waals surface area contributed by atoms with Crippen molar-refractivity contribution in [3.8, 4) is 55.9 Å². The van der Waals surface area contributed by atoms with Crippen LogP contribution < -0.4 is 0 Å². The molecule has 3 heterocycles. The molecule has 0 aliphatic heterocycles. The van der Waals surface area contributed by atoms with E-state index in [9.17, 15) is 0 Å². The fourth-order valence-corrected chi connectivity index (χ4v) is 11.3. The zero-order valence-electron chi connectivity index (χ0n) is 36.6. The molecule has 0 saturated heterocycles. The Morgan fingerprint density at radius 3 is 1.47 bits per heavy atom. The summed E-state index contributed by atoms with van der Waals surface area (Å²) in [6, 6.07) is 80.2. The van der Waals surface area contributed by atoms with E-state index in [1.807, 2.05) is 0 Å². The summed E-state index contributed by atoms with van der Waals surface area (Å²) in [7, 11) is 0. The summed E-state index contributed by atoms with van der Waals surface area (Å²) in [6.07, 6.45) is 0. The van der Waals surface area contributed by atoms with Crippen LogP contribution in [0.15, 0.2) is 223 Å². The van der Waals surface area contributed by atoms with Crippen molar-refractivity contribution < 1.29 is 4.42 Å². The Bertz CT molecular complexity index is 4070. The molecule has 0 fully saturated rings. The summed E-state index contributed by atoms with van der Waals surface area (Å²) in [5.74, 6) is 0. The monoisotopic (exact) mass is 842 g/mol. The molecule has 0 atom stereocenters. The van der Waals surface area contributed by atoms with E-state index in [0.29, 0.717) is 0 Å². The van der Waals surface area contributed by atoms with Crippen molar-refractivity contribution in [2.75, 3.05) is 0 Å². The topological polar surface area (TPSA) is 23.0 Å². The summed E-state index contributed by atoms with van der Waals surface area (Å²) in [5, 5.41) is 7.29. The van der Waals surface area contributed by atoms with Gasteiger partial charge >= 0.3 is 0 Å². The molecule has 0 N–H and O–H groups in total. The first-order valence-electron chi connectivity index (χ1n) is 22.9. The molecule has 1 aliphatic rings. The van der Waals surface area contributed by atoms with E-state index in [-0.39, 0.29) is 5.41 Å². The molecule has 13 aromatic rings. The van der Waals surface area contributed by atoms with Crippen molar-refractivity contribution in [1.29, 1.82) is 0 Å². The summed E-state index contributed by atoms with van der Waals surface area (Å²) in [6.45, 7) is 4.71. The van der Waals surface area contributed by atoms with Gasteiger partial charge in [-0.25, -0.2) is 0 Å². The third-order valence-corrected chi connectivity index (χ3v) is 14.5. The largest absolute Gasteiger partial charge is 0.455 e. The minimum atomic E-state index is -0.214. The van der Waals surface area contributed by atoms with Crippen LogP contribution in [0.5, 0.6) is 0 Å². The summed E-state index contributed by atoms with van der Waals surface area (Å²) >= 11 is 0. The number of hydrogen-bond acceptors (Lipinski definition) is 1. The van der Waals surface area contributed by atoms with Gasteiger partial charge in [-0.05, 0) is 111 Å². The van der Waals surface area contributed by atoms with Crippen molar-refractivity contribution in [1.82, 2.24) is 9.13 Å². The van der Waals surface area contributed by atoms with Crippen molar-refractivity contribution in [2.24, 2.45) is 0 Å². The van der Waals surface area contributed by atoms with Crippen molar-refractivity contribution >= 4 is 65.6 Å². The lowest BCUT2D eigenvalue weighted by atomic mass is 9.82. The van der Waals surface area contributed by atoms with Gasteiger partial charge in [0.05, 0.1) is 22.1 Å². The van der Waals surface area contributed by atoms with Gasteiger partial charge in [0.25, 0.3) is 0 Å². The highest BCUT2D eigenvalue weighted by Gasteiger charge is 2.38. The quantitative estimate of drug-likeness (QED) is 0.169. The molecule has 0 unspecified atom stereocenters. The first-order chi connectivity index (χ1) is 32.5. The molecule has 0 saturated carbocycles. The van der Waals surface area contributed by atoms with Crippen LogP contribution in [-0.4, -0.2) is 9.13 Å². The maximum atomic E-state index is 6.64. The number of furan rings is 1. The van der Waals surface area contributed by atoms with E-state index < -0.39 is 0 Å². The van der Waals surface area contributed by atoms with Crippen molar-refractivity contribution in [2.45, 2.75) is 19.3 Å². The minimum absolute atomic E-state index is 0.214. The molecular weight excluding hydrogens is 801 g/mol. The first kappa shape index (κ1) is 37.0. The molecule has 3 aromatic heterocycles. The molecule has 0 spiro atoms. The van der Waals surface area contributed by atoms with E-state index in [1.54, 1.807) is 0 Å². The fraction of sp³-hybridized carbons (Fsp3) is 0.0476. The van der Waals surface area contributed by atoms with Gasteiger partial charge in [-0.1, -0.05) is 172 Å². The van der Waals surface area contributed by atoms with Gasteiger partial charge in [0.1, 0.15) is 11.2 Å². The van der Waals surface area contributed by atoms with Crippen LogP contribution in [0.4, 0.5) is 0 Å². The predicted octanol–water partition coefficient (Wildman–Crippen LogP) is 17.1. The van der Waals surface area contributed by atoms with Crippen molar-refractivity contribution in [3.63, 3.8) is 0 Å². The summed E-state index contributed by atoms with van der Waals surface area (Å²) in [5.41, 5.74) is 20.9. The molecule has 3 heteroatoms. The highest BCUT2D eigenvalue weighted by Crippen LogP contribution is 2.53. The fourth-order valence-electron chi connectivity index (χ4n) is 11.3. The molecule has 0 radical (unpaired) electrons. The van der Waals surface area contributed by atoms with Crippen molar-refractivity contribution in [3.05, 3.63) is 230 Å². The molecule has 3 nitrogen and oxygen atoms in total. The lowest BCUT2D eigenvalue weighted by Crippen LogP contribution is -2.15. The Hall–Kier alpha value is -8.40. The first-order valence-corrected chi connectivity index (χ1v) is 22.9. The third kappa shape index (κ3) is 5.31. The number of rotatable bonds is 5. The minimum Gasteiger partial charge on any atom is -0.455 e. The molecule has 1 aliphatic carbocycles. The molecule has 0 amide bonds. The van der Waals surface area contributed by atoms with Gasteiger partial charge < -0.3 is 13.6 Å². The number of hydrogen-bond donors (Lipinski definition) is 0. The molecule has 66 heavy (non-hydrogen) atoms. The van der Waals surface area contributed by atoms with Gasteiger partial charge in [0.2, 0.25) is 0 Å². The van der Waals surface area contributed by atoms with Gasteiger partial charge in [-0.2, -0.15) is 0 Å². The lowest BCUT2D eigenvalue weighted by Gasteiger charge is -2.22. The number of nitrogens with zero attached hydrogens (tertiary/aromatic N) is 2. The molecule has 310 valence electrons. The van der Waals surface area contributed by atoms with Gasteiger partial charge in [-0.15, -0.1) is 0 Å². The Balaban J connectivity index is 0.953. The molecule has 14 rings (SSSR count). The second-order valence-electron chi connectivity index (χ2n) is 18.5. The number of aromatic nitrogens is 2. The average Bonchev–Trinajstić information content (AvgIpc) is 4.09. The zero-order chi connectivity index (χ0) is 43.7. The van der Waals surface area contributed by atoms with Crippen LogP contribution in [0.2, 0.25) is 0 Å². The van der Waals surface area contributed by atoms with E-state index in [2.05, 4.69) is 241 Å². The van der Waals surface area contributed by atoms with E-state index in [1.165, 1.54) is 105 Å². The van der Waals surface area contributed by atoms with Crippen LogP contribution in [0.3, 0.4) is 0 Å². The summed E-state index contributed by atoms with van der Waals surface area (Å²) in [4.78, 5) is 0. The second kappa shape index (κ2) is 13.8. The van der Waals surface area contributed by atoms with Gasteiger partial charge in [-0.3, -0.25) is 0 Å². The third-order valence-electron chi connectivity index (χ3n) is 14.5. The maximum absolute atomic E-state index is 6.64. The highest BCUT2D eigenvalue weighted by molar-refractivity contribution is 6.14. The van der Waals surface area contributed by atoms with Crippen LogP contribution in [0.1, 0.15) is 25.0 Å². The normalized spacial score (nSPS) is 13.1. The van der Waals surface area contributed by atoms with E-state index in [0.717, 1.165) is 27.9 Å². The summed E-state index contributed by atoms with van der Waals surface area (Å²) < 4.78 is 11.6. The van der Waals surface area contributed by atoms with Crippen LogP contribution in [-0.2, 0) is 5.41 Å². The van der Waals surface area contributed by atoms with Gasteiger partial charge in [0, 0.05) is 54.7 Å². The van der Waals surface area contributed by atoms with E-state index in [4.69, 9.17) is 4.42 Å². The van der Waals surface area contributed by atoms with Gasteiger partial charge in [0.15, 0.2) is 0 Å². The maximum Gasteiger partial charge on any atom is 0.143 e. The molecule has 10 aromatic carbocycles. The van der Waals surface area contributed by atoms with Crippen LogP contribution >= 0.6 is 0 Å². The lowest BCUT2D eigenvalue weighted by molar-refractivity contribution is 0.653. The number of fused-ring (bicyclic) bond motifs is 13. The Kier molecular flexibility index (Phi) is 7.74. The van der Waals surface area contributed by atoms with Crippen LogP contribution in [0, 0.1) is 0 Å². The van der Waals surface area contributed by atoms with E-state index >= 15 is 0 Å². The average molecular weight is 843 g/mol. The predicted molar refractivity (Wildman–Crippen MR) is 276 cm³/mol. The number of benzene rings is 10. The Morgan fingerprint density at radius 1 is 0.333 bits per heavy atom. The highest BCUT2D eigenvalue weighted by atomic mass is 16.3. The smallest absolute Gasteiger partial charge is 0.143 e. The Labute approximate surface area is 382 Å². The zero-order valence-corrected chi connectivity index (χ0v) is 36.6. The SMILES string of the molecule is CC1(C)c2cc(-n3c4ccccc4c4ccc(-c5ccc6c7ccccc7n(-c7cc(-c8ccccc8)cc(-c8ccccc8)c7)c6c5)cc43)ccc2-c2c1ccc1c2oc2ccccc21. The molecule has 0 bridgehead atoms. The Morgan fingerprint density at radius 2 is 0.848 bits per heavy atom. The standard InChI is InChI=1S/C63H42N2O/c1-63(2)54-32-31-52-51-21-11-14-24-60(51)66-62(52)61(54)53-30-27-45(38-55(53)63)64-56-22-12-9-19-47(56)49-28-25-41(36-58(49)64)42-26-29-50-48-20-10-13-23-57(48)65(59(50)37-42)46-34-43(39-15-5-3-6-16-39)33-44(35-46)40-17-7-4-8-18-40/h3-38H,1-2H3. The van der Waals surface area contributed by atoms with Crippen LogP contribution in [0.25, 0.3) is 121 Å². The second-order valence-corrected chi connectivity index (χ2v) is 18.5. The number of para-hydroxylation sites is 3. The molecular formula is C63H42N2O.